The van der Waals surface area contributed by atoms with E-state index >= 15 is 0 Å². The maximum atomic E-state index is 12.9. The summed E-state index contributed by atoms with van der Waals surface area (Å²) in [5.74, 6) is 0.143. The third kappa shape index (κ3) is 5.05. The lowest BCUT2D eigenvalue weighted by atomic mass is 10.0. The molecule has 2 aromatic rings. The summed E-state index contributed by atoms with van der Waals surface area (Å²) in [7, 11) is 0. The number of hydrogen-bond donors (Lipinski definition) is 1. The Morgan fingerprint density at radius 1 is 1.20 bits per heavy atom. The van der Waals surface area contributed by atoms with Gasteiger partial charge in [-0.1, -0.05) is 30.3 Å². The number of thiophene rings is 1. The Hall–Kier alpha value is -1.40. The SMILES string of the molecule is Cl.NCCCOC1CCN(C(=O)c2sccc2-c2ccccc2)CC1. The van der Waals surface area contributed by atoms with E-state index in [0.717, 1.165) is 55.0 Å². The summed E-state index contributed by atoms with van der Waals surface area (Å²) in [6, 6.07) is 12.1. The van der Waals surface area contributed by atoms with E-state index in [9.17, 15) is 4.79 Å². The van der Waals surface area contributed by atoms with Crippen molar-refractivity contribution in [2.24, 2.45) is 5.73 Å². The van der Waals surface area contributed by atoms with E-state index in [2.05, 4.69) is 12.1 Å². The Morgan fingerprint density at radius 3 is 2.60 bits per heavy atom. The van der Waals surface area contributed by atoms with Crippen LogP contribution in [0.5, 0.6) is 0 Å². The fourth-order valence-electron chi connectivity index (χ4n) is 3.02. The topological polar surface area (TPSA) is 55.6 Å². The Bertz CT molecular complexity index is 654. The second kappa shape index (κ2) is 9.92. The van der Waals surface area contributed by atoms with Crippen molar-refractivity contribution in [1.29, 1.82) is 0 Å². The van der Waals surface area contributed by atoms with E-state index in [4.69, 9.17) is 10.5 Å². The summed E-state index contributed by atoms with van der Waals surface area (Å²) in [6.07, 6.45) is 2.97. The first-order valence-corrected chi connectivity index (χ1v) is 9.41. The van der Waals surface area contributed by atoms with Crippen molar-refractivity contribution in [3.8, 4) is 11.1 Å². The van der Waals surface area contributed by atoms with Crippen molar-refractivity contribution >= 4 is 29.7 Å². The van der Waals surface area contributed by atoms with Gasteiger partial charge in [-0.2, -0.15) is 0 Å². The third-order valence-electron chi connectivity index (χ3n) is 4.38. The number of hydrogen-bond acceptors (Lipinski definition) is 4. The summed E-state index contributed by atoms with van der Waals surface area (Å²) < 4.78 is 5.82. The van der Waals surface area contributed by atoms with Crippen LogP contribution in [0, 0.1) is 0 Å². The molecule has 1 saturated heterocycles. The fraction of sp³-hybridized carbons (Fsp3) is 0.421. The van der Waals surface area contributed by atoms with Gasteiger partial charge in [0.15, 0.2) is 0 Å². The molecule has 25 heavy (non-hydrogen) atoms. The number of benzene rings is 1. The predicted octanol–water partition coefficient (Wildman–Crippen LogP) is 3.81. The van der Waals surface area contributed by atoms with Gasteiger partial charge in [0.05, 0.1) is 11.0 Å². The highest BCUT2D eigenvalue weighted by atomic mass is 35.5. The molecule has 0 aliphatic carbocycles. The van der Waals surface area contributed by atoms with Gasteiger partial charge in [0.1, 0.15) is 0 Å². The molecule has 136 valence electrons. The van der Waals surface area contributed by atoms with Crippen molar-refractivity contribution in [3.05, 3.63) is 46.7 Å². The molecule has 2 N–H and O–H groups in total. The molecule has 1 amide bonds. The zero-order chi connectivity index (χ0) is 16.8. The van der Waals surface area contributed by atoms with Gasteiger partial charge in [-0.3, -0.25) is 4.79 Å². The van der Waals surface area contributed by atoms with Gasteiger partial charge < -0.3 is 15.4 Å². The minimum Gasteiger partial charge on any atom is -0.378 e. The van der Waals surface area contributed by atoms with Crippen LogP contribution < -0.4 is 5.73 Å². The van der Waals surface area contributed by atoms with Crippen LogP contribution in [0.1, 0.15) is 28.9 Å². The average Bonchev–Trinajstić information content (AvgIpc) is 3.12. The molecule has 6 heteroatoms. The molecule has 0 atom stereocenters. The first kappa shape index (κ1) is 19.9. The molecule has 0 unspecified atom stereocenters. The van der Waals surface area contributed by atoms with E-state index in [1.54, 1.807) is 0 Å². The van der Waals surface area contributed by atoms with E-state index < -0.39 is 0 Å². The Labute approximate surface area is 159 Å². The van der Waals surface area contributed by atoms with E-state index in [1.807, 2.05) is 34.5 Å². The lowest BCUT2D eigenvalue weighted by molar-refractivity contribution is 0.00860. The molecule has 0 bridgehead atoms. The van der Waals surface area contributed by atoms with Crippen LogP contribution in [-0.2, 0) is 4.74 Å². The standard InChI is InChI=1S/C19H24N2O2S.ClH/c20-10-4-13-23-16-7-11-21(12-8-16)19(22)18-17(9-14-24-18)15-5-2-1-3-6-15;/h1-3,5-6,9,14,16H,4,7-8,10-13,20H2;1H. The summed E-state index contributed by atoms with van der Waals surface area (Å²) in [5, 5.41) is 2.00. The maximum Gasteiger partial charge on any atom is 0.264 e. The minimum atomic E-state index is 0. The molecule has 0 saturated carbocycles. The molecule has 1 aromatic heterocycles. The highest BCUT2D eigenvalue weighted by Crippen LogP contribution is 2.30. The van der Waals surface area contributed by atoms with E-state index in [-0.39, 0.29) is 24.4 Å². The fourth-order valence-corrected chi connectivity index (χ4v) is 3.91. The van der Waals surface area contributed by atoms with E-state index in [0.29, 0.717) is 6.54 Å². The summed E-state index contributed by atoms with van der Waals surface area (Å²) >= 11 is 1.53. The van der Waals surface area contributed by atoms with Gasteiger partial charge in [-0.05, 0) is 42.8 Å². The highest BCUT2D eigenvalue weighted by molar-refractivity contribution is 7.12. The average molecular weight is 381 g/mol. The van der Waals surface area contributed by atoms with Crippen LogP contribution in [0.2, 0.25) is 0 Å². The summed E-state index contributed by atoms with van der Waals surface area (Å²) in [5.41, 5.74) is 7.62. The number of piperidine rings is 1. The number of ether oxygens (including phenoxy) is 1. The van der Waals surface area contributed by atoms with Crippen molar-refractivity contribution in [1.82, 2.24) is 4.90 Å². The van der Waals surface area contributed by atoms with Crippen LogP contribution in [0.15, 0.2) is 41.8 Å². The molecular weight excluding hydrogens is 356 g/mol. The summed E-state index contributed by atoms with van der Waals surface area (Å²) in [6.45, 7) is 2.91. The van der Waals surface area contributed by atoms with E-state index in [1.165, 1.54) is 11.3 Å². The Kier molecular flexibility index (Phi) is 7.90. The van der Waals surface area contributed by atoms with Gasteiger partial charge in [0.2, 0.25) is 0 Å². The Balaban J connectivity index is 0.00000225. The largest absolute Gasteiger partial charge is 0.378 e. The smallest absolute Gasteiger partial charge is 0.264 e. The quantitative estimate of drug-likeness (QED) is 0.775. The first-order valence-electron chi connectivity index (χ1n) is 8.53. The minimum absolute atomic E-state index is 0. The number of likely N-dealkylation sites (tertiary alicyclic amines) is 1. The van der Waals surface area contributed by atoms with Crippen LogP contribution in [0.25, 0.3) is 11.1 Å². The molecule has 0 radical (unpaired) electrons. The third-order valence-corrected chi connectivity index (χ3v) is 5.28. The monoisotopic (exact) mass is 380 g/mol. The zero-order valence-electron chi connectivity index (χ0n) is 14.2. The number of carbonyl (C=O) groups is 1. The zero-order valence-corrected chi connectivity index (χ0v) is 15.9. The number of nitrogens with two attached hydrogens (primary N) is 1. The molecule has 3 rings (SSSR count). The first-order chi connectivity index (χ1) is 11.8. The van der Waals surface area contributed by atoms with Crippen LogP contribution >= 0.6 is 23.7 Å². The highest BCUT2D eigenvalue weighted by Gasteiger charge is 2.26. The Morgan fingerprint density at radius 2 is 1.92 bits per heavy atom. The predicted molar refractivity (Wildman–Crippen MR) is 106 cm³/mol. The second-order valence-electron chi connectivity index (χ2n) is 6.03. The van der Waals surface area contributed by atoms with Crippen molar-refractivity contribution in [3.63, 3.8) is 0 Å². The van der Waals surface area contributed by atoms with Crippen molar-refractivity contribution < 1.29 is 9.53 Å². The molecular formula is C19H25ClN2O2S. The van der Waals surface area contributed by atoms with Gasteiger partial charge in [0, 0.05) is 25.3 Å². The number of nitrogens with zero attached hydrogens (tertiary/aromatic N) is 1. The van der Waals surface area contributed by atoms with Crippen LogP contribution in [0.4, 0.5) is 0 Å². The van der Waals surface area contributed by atoms with Crippen LogP contribution in [-0.4, -0.2) is 43.2 Å². The molecule has 4 nitrogen and oxygen atoms in total. The normalized spacial score (nSPS) is 15.0. The van der Waals surface area contributed by atoms with Gasteiger partial charge in [-0.15, -0.1) is 23.7 Å². The molecule has 1 aliphatic rings. The van der Waals surface area contributed by atoms with Crippen LogP contribution in [0.3, 0.4) is 0 Å². The molecule has 1 aromatic carbocycles. The number of amides is 1. The van der Waals surface area contributed by atoms with Crippen molar-refractivity contribution in [2.45, 2.75) is 25.4 Å². The maximum absolute atomic E-state index is 12.9. The molecule has 2 heterocycles. The molecule has 0 spiro atoms. The number of carbonyl (C=O) groups excluding carboxylic acids is 1. The van der Waals surface area contributed by atoms with Gasteiger partial charge in [0.25, 0.3) is 5.91 Å². The number of rotatable bonds is 6. The lowest BCUT2D eigenvalue weighted by Gasteiger charge is -2.32. The molecule has 1 fully saturated rings. The van der Waals surface area contributed by atoms with Gasteiger partial charge in [-0.25, -0.2) is 0 Å². The second-order valence-corrected chi connectivity index (χ2v) is 6.95. The molecule has 1 aliphatic heterocycles. The number of halogens is 1. The van der Waals surface area contributed by atoms with Crippen molar-refractivity contribution in [2.75, 3.05) is 26.2 Å². The summed E-state index contributed by atoms with van der Waals surface area (Å²) in [4.78, 5) is 15.7. The lowest BCUT2D eigenvalue weighted by Crippen LogP contribution is -2.40. The van der Waals surface area contributed by atoms with Gasteiger partial charge >= 0.3 is 0 Å².